The zero-order chi connectivity index (χ0) is 15.5. The Morgan fingerprint density at radius 1 is 1.23 bits per heavy atom. The van der Waals surface area contributed by atoms with Crippen LogP contribution in [0.5, 0.6) is 0 Å². The predicted molar refractivity (Wildman–Crippen MR) is 85.2 cm³/mol. The van der Waals surface area contributed by atoms with E-state index in [0.29, 0.717) is 23.7 Å². The van der Waals surface area contributed by atoms with Gasteiger partial charge in [0.15, 0.2) is 0 Å². The topological polar surface area (TPSA) is 44.1 Å². The molecule has 1 aliphatic carbocycles. The second kappa shape index (κ2) is 6.03. The van der Waals surface area contributed by atoms with Crippen LogP contribution in [0.15, 0.2) is 48.5 Å². The molecule has 3 heteroatoms. The smallest absolute Gasteiger partial charge is 0.254 e. The SMILES string of the molecule is Cc1ccc(CN(C(=O)c2cccc(C#N)c2)C2CC2)cc1. The molecule has 0 spiro atoms. The molecule has 1 aliphatic rings. The van der Waals surface area contributed by atoms with Gasteiger partial charge in [0.25, 0.3) is 5.91 Å². The average Bonchev–Trinajstić information content (AvgIpc) is 3.38. The summed E-state index contributed by atoms with van der Waals surface area (Å²) >= 11 is 0. The molecule has 0 unspecified atom stereocenters. The Kier molecular flexibility index (Phi) is 3.93. The van der Waals surface area contributed by atoms with Gasteiger partial charge < -0.3 is 4.90 Å². The molecule has 1 fully saturated rings. The van der Waals surface area contributed by atoms with Crippen molar-refractivity contribution >= 4 is 5.91 Å². The van der Waals surface area contributed by atoms with Gasteiger partial charge in [-0.3, -0.25) is 4.79 Å². The zero-order valence-corrected chi connectivity index (χ0v) is 12.6. The second-order valence-electron chi connectivity index (χ2n) is 5.84. The largest absolute Gasteiger partial charge is 0.331 e. The van der Waals surface area contributed by atoms with E-state index in [1.54, 1.807) is 24.3 Å². The number of nitrogens with zero attached hydrogens (tertiary/aromatic N) is 2. The van der Waals surface area contributed by atoms with E-state index in [0.717, 1.165) is 18.4 Å². The number of aryl methyl sites for hydroxylation is 1. The molecule has 110 valence electrons. The molecule has 3 nitrogen and oxygen atoms in total. The Hall–Kier alpha value is -2.60. The molecule has 1 saturated carbocycles. The summed E-state index contributed by atoms with van der Waals surface area (Å²) in [5, 5.41) is 8.99. The van der Waals surface area contributed by atoms with Gasteiger partial charge in [0, 0.05) is 18.2 Å². The minimum atomic E-state index is 0.0141. The summed E-state index contributed by atoms with van der Waals surface area (Å²) in [6.45, 7) is 2.68. The number of hydrogen-bond acceptors (Lipinski definition) is 2. The number of nitriles is 1. The normalized spacial score (nSPS) is 13.5. The molecule has 22 heavy (non-hydrogen) atoms. The minimum absolute atomic E-state index is 0.0141. The fraction of sp³-hybridized carbons (Fsp3) is 0.263. The lowest BCUT2D eigenvalue weighted by Crippen LogP contribution is -2.32. The lowest BCUT2D eigenvalue weighted by atomic mass is 10.1. The predicted octanol–water partition coefficient (Wildman–Crippen LogP) is 3.67. The summed E-state index contributed by atoms with van der Waals surface area (Å²) in [5.41, 5.74) is 3.48. The van der Waals surface area contributed by atoms with Gasteiger partial charge in [-0.1, -0.05) is 35.9 Å². The molecule has 0 bridgehead atoms. The molecule has 0 atom stereocenters. The monoisotopic (exact) mass is 290 g/mol. The first-order valence-corrected chi connectivity index (χ1v) is 7.54. The maximum absolute atomic E-state index is 12.8. The summed E-state index contributed by atoms with van der Waals surface area (Å²) in [6.07, 6.45) is 2.13. The summed E-state index contributed by atoms with van der Waals surface area (Å²) in [4.78, 5) is 14.7. The van der Waals surface area contributed by atoms with E-state index in [-0.39, 0.29) is 5.91 Å². The number of hydrogen-bond donors (Lipinski definition) is 0. The molecule has 0 radical (unpaired) electrons. The fourth-order valence-electron chi connectivity index (χ4n) is 2.53. The van der Waals surface area contributed by atoms with Gasteiger partial charge in [-0.15, -0.1) is 0 Å². The first-order chi connectivity index (χ1) is 10.7. The molecular weight excluding hydrogens is 272 g/mol. The molecule has 0 heterocycles. The van der Waals surface area contributed by atoms with E-state index in [2.05, 4.69) is 37.3 Å². The molecule has 0 N–H and O–H groups in total. The Balaban J connectivity index is 1.83. The fourth-order valence-corrected chi connectivity index (χ4v) is 2.53. The molecule has 0 saturated heterocycles. The highest BCUT2D eigenvalue weighted by Gasteiger charge is 2.33. The van der Waals surface area contributed by atoms with Crippen molar-refractivity contribution in [3.8, 4) is 6.07 Å². The maximum atomic E-state index is 12.8. The van der Waals surface area contributed by atoms with Crippen molar-refractivity contribution in [2.24, 2.45) is 0 Å². The number of carbonyl (C=O) groups is 1. The van der Waals surface area contributed by atoms with Crippen LogP contribution in [0, 0.1) is 18.3 Å². The van der Waals surface area contributed by atoms with Gasteiger partial charge >= 0.3 is 0 Å². The van der Waals surface area contributed by atoms with Crippen LogP contribution in [-0.2, 0) is 6.54 Å². The Bertz CT molecular complexity index is 724. The number of rotatable bonds is 4. The first kappa shape index (κ1) is 14.3. The highest BCUT2D eigenvalue weighted by molar-refractivity contribution is 5.95. The van der Waals surface area contributed by atoms with Crippen molar-refractivity contribution in [1.82, 2.24) is 4.90 Å². The van der Waals surface area contributed by atoms with Crippen LogP contribution >= 0.6 is 0 Å². The molecule has 0 aliphatic heterocycles. The third-order valence-corrected chi connectivity index (χ3v) is 3.96. The van der Waals surface area contributed by atoms with E-state index >= 15 is 0 Å². The van der Waals surface area contributed by atoms with Crippen molar-refractivity contribution in [2.45, 2.75) is 32.4 Å². The van der Waals surface area contributed by atoms with E-state index in [1.165, 1.54) is 5.56 Å². The van der Waals surface area contributed by atoms with Gasteiger partial charge in [-0.2, -0.15) is 5.26 Å². The maximum Gasteiger partial charge on any atom is 0.254 e. The van der Waals surface area contributed by atoms with Gasteiger partial charge in [-0.25, -0.2) is 0 Å². The summed E-state index contributed by atoms with van der Waals surface area (Å²) in [6, 6.07) is 17.7. The Morgan fingerprint density at radius 2 is 1.95 bits per heavy atom. The van der Waals surface area contributed by atoms with Crippen LogP contribution < -0.4 is 0 Å². The minimum Gasteiger partial charge on any atom is -0.331 e. The average molecular weight is 290 g/mol. The molecular formula is C19H18N2O. The zero-order valence-electron chi connectivity index (χ0n) is 12.6. The quantitative estimate of drug-likeness (QED) is 0.862. The van der Waals surface area contributed by atoms with Crippen LogP contribution in [0.1, 0.15) is 39.9 Å². The number of carbonyl (C=O) groups excluding carboxylic acids is 1. The van der Waals surface area contributed by atoms with Gasteiger partial charge in [0.2, 0.25) is 0 Å². The van der Waals surface area contributed by atoms with Crippen molar-refractivity contribution in [3.05, 3.63) is 70.8 Å². The van der Waals surface area contributed by atoms with Crippen molar-refractivity contribution < 1.29 is 4.79 Å². The van der Waals surface area contributed by atoms with Crippen LogP contribution in [-0.4, -0.2) is 16.8 Å². The van der Waals surface area contributed by atoms with E-state index in [1.807, 2.05) is 4.90 Å². The van der Waals surface area contributed by atoms with Gasteiger partial charge in [0.05, 0.1) is 11.6 Å². The Labute approximate surface area is 130 Å². The van der Waals surface area contributed by atoms with Crippen LogP contribution in [0.3, 0.4) is 0 Å². The van der Waals surface area contributed by atoms with E-state index < -0.39 is 0 Å². The van der Waals surface area contributed by atoms with Gasteiger partial charge in [0.1, 0.15) is 0 Å². The summed E-state index contributed by atoms with van der Waals surface area (Å²) in [5.74, 6) is 0.0141. The standard InChI is InChI=1S/C19H18N2O/c1-14-5-7-15(8-6-14)13-21(18-9-10-18)19(22)17-4-2-3-16(11-17)12-20/h2-8,11,18H,9-10,13H2,1H3. The van der Waals surface area contributed by atoms with Crippen LogP contribution in [0.2, 0.25) is 0 Å². The molecule has 1 amide bonds. The summed E-state index contributed by atoms with van der Waals surface area (Å²) in [7, 11) is 0. The molecule has 2 aromatic carbocycles. The number of benzene rings is 2. The first-order valence-electron chi connectivity index (χ1n) is 7.54. The highest BCUT2D eigenvalue weighted by atomic mass is 16.2. The molecule has 3 rings (SSSR count). The molecule has 0 aromatic heterocycles. The third kappa shape index (κ3) is 3.17. The second-order valence-corrected chi connectivity index (χ2v) is 5.84. The summed E-state index contributed by atoms with van der Waals surface area (Å²) < 4.78 is 0. The Morgan fingerprint density at radius 3 is 2.59 bits per heavy atom. The lowest BCUT2D eigenvalue weighted by Gasteiger charge is -2.23. The third-order valence-electron chi connectivity index (χ3n) is 3.96. The van der Waals surface area contributed by atoms with E-state index in [4.69, 9.17) is 5.26 Å². The van der Waals surface area contributed by atoms with Crippen molar-refractivity contribution in [2.75, 3.05) is 0 Å². The van der Waals surface area contributed by atoms with Crippen LogP contribution in [0.4, 0.5) is 0 Å². The van der Waals surface area contributed by atoms with Crippen LogP contribution in [0.25, 0.3) is 0 Å². The molecule has 2 aromatic rings. The highest BCUT2D eigenvalue weighted by Crippen LogP contribution is 2.30. The van der Waals surface area contributed by atoms with Crippen molar-refractivity contribution in [1.29, 1.82) is 5.26 Å². The van der Waals surface area contributed by atoms with E-state index in [9.17, 15) is 4.79 Å². The van der Waals surface area contributed by atoms with Gasteiger partial charge in [-0.05, 0) is 43.5 Å². The van der Waals surface area contributed by atoms with Crippen molar-refractivity contribution in [3.63, 3.8) is 0 Å². The number of amides is 1. The lowest BCUT2D eigenvalue weighted by molar-refractivity contribution is 0.0730.